The van der Waals surface area contributed by atoms with E-state index in [0.717, 1.165) is 0 Å². The van der Waals surface area contributed by atoms with Crippen LogP contribution in [0.1, 0.15) is 25.7 Å². The lowest BCUT2D eigenvalue weighted by atomic mass is 10.3. The minimum Gasteiger partial charge on any atom is -0.362 e. The Kier molecular flexibility index (Phi) is 2.08. The third-order valence-electron chi connectivity index (χ3n) is 1.49. The van der Waals surface area contributed by atoms with Crippen molar-refractivity contribution in [2.24, 2.45) is 0 Å². The van der Waals surface area contributed by atoms with Gasteiger partial charge in [-0.3, -0.25) is 0 Å². The van der Waals surface area contributed by atoms with Crippen molar-refractivity contribution in [1.82, 2.24) is 0 Å². The normalized spacial score (nSPS) is 23.6. The van der Waals surface area contributed by atoms with Gasteiger partial charge in [-0.15, -0.1) is 0 Å². The van der Waals surface area contributed by atoms with Crippen LogP contribution in [-0.2, 0) is 4.52 Å². The Morgan fingerprint density at radius 1 is 1.29 bits per heavy atom. The van der Waals surface area contributed by atoms with Crippen LogP contribution >= 0.6 is 9.47 Å². The first-order chi connectivity index (χ1) is 3.43. The third kappa shape index (κ3) is 1.40. The summed E-state index contributed by atoms with van der Waals surface area (Å²) in [6.07, 6.45) is 5.82. The third-order valence-corrected chi connectivity index (χ3v) is 1.88. The molecule has 0 aromatic heterocycles. The van der Waals surface area contributed by atoms with Crippen molar-refractivity contribution in [3.8, 4) is 0 Å². The molecule has 0 amide bonds. The van der Waals surface area contributed by atoms with Crippen molar-refractivity contribution in [2.45, 2.75) is 31.8 Å². The average molecular weight is 118 g/mol. The van der Waals surface area contributed by atoms with E-state index >= 15 is 0 Å². The molecular weight excluding hydrogens is 107 g/mol. The Morgan fingerprint density at radius 2 is 1.86 bits per heavy atom. The number of hydrogen-bond donors (Lipinski definition) is 0. The highest BCUT2D eigenvalue weighted by Crippen LogP contribution is 2.22. The lowest BCUT2D eigenvalue weighted by Gasteiger charge is -2.01. The quantitative estimate of drug-likeness (QED) is 0.476. The predicted octanol–water partition coefficient (Wildman–Crippen LogP) is 1.74. The molecule has 1 atom stereocenters. The van der Waals surface area contributed by atoms with Crippen molar-refractivity contribution in [1.29, 1.82) is 0 Å². The van der Waals surface area contributed by atoms with Crippen LogP contribution in [0.4, 0.5) is 0 Å². The molecule has 0 spiro atoms. The second kappa shape index (κ2) is 2.64. The standard InChI is InChI=1S/C5H11OP/c7-6-5-3-1-2-4-5/h5H,1-4,7H2. The zero-order valence-electron chi connectivity index (χ0n) is 4.39. The van der Waals surface area contributed by atoms with Gasteiger partial charge in [-0.1, -0.05) is 12.8 Å². The molecule has 1 aliphatic rings. The molecule has 0 radical (unpaired) electrons. The second-order valence-electron chi connectivity index (χ2n) is 2.04. The molecule has 1 aliphatic carbocycles. The van der Waals surface area contributed by atoms with Crippen molar-refractivity contribution in [3.63, 3.8) is 0 Å². The van der Waals surface area contributed by atoms with E-state index in [-0.39, 0.29) is 0 Å². The molecule has 0 aliphatic heterocycles. The molecule has 0 aromatic carbocycles. The van der Waals surface area contributed by atoms with Crippen LogP contribution in [0.2, 0.25) is 0 Å². The Bertz CT molecular complexity index is 50.0. The number of hydrogen-bond acceptors (Lipinski definition) is 1. The summed E-state index contributed by atoms with van der Waals surface area (Å²) < 4.78 is 5.03. The molecule has 0 N–H and O–H groups in total. The van der Waals surface area contributed by atoms with Crippen molar-refractivity contribution < 1.29 is 4.52 Å². The molecule has 1 fully saturated rings. The molecule has 0 heterocycles. The summed E-state index contributed by atoms with van der Waals surface area (Å²) in [5, 5.41) is 0. The van der Waals surface area contributed by atoms with E-state index in [1.165, 1.54) is 25.7 Å². The fourth-order valence-corrected chi connectivity index (χ4v) is 1.30. The van der Waals surface area contributed by atoms with Crippen LogP contribution in [0, 0.1) is 0 Å². The van der Waals surface area contributed by atoms with Crippen LogP contribution in [0.5, 0.6) is 0 Å². The van der Waals surface area contributed by atoms with Gasteiger partial charge < -0.3 is 4.52 Å². The van der Waals surface area contributed by atoms with Gasteiger partial charge in [-0.05, 0) is 12.8 Å². The molecule has 1 unspecified atom stereocenters. The molecule has 1 nitrogen and oxygen atoms in total. The largest absolute Gasteiger partial charge is 0.362 e. The van der Waals surface area contributed by atoms with E-state index in [4.69, 9.17) is 4.52 Å². The first-order valence-electron chi connectivity index (χ1n) is 2.79. The van der Waals surface area contributed by atoms with E-state index in [2.05, 4.69) is 9.47 Å². The fourth-order valence-electron chi connectivity index (χ4n) is 1.02. The molecule has 1 rings (SSSR count). The molecule has 0 saturated heterocycles. The van der Waals surface area contributed by atoms with Crippen LogP contribution in [0.3, 0.4) is 0 Å². The zero-order chi connectivity index (χ0) is 5.11. The minimum atomic E-state index is 0.560. The maximum atomic E-state index is 5.03. The van der Waals surface area contributed by atoms with Gasteiger partial charge in [0.1, 0.15) is 0 Å². The highest BCUT2D eigenvalue weighted by atomic mass is 31.0. The lowest BCUT2D eigenvalue weighted by Crippen LogP contribution is -1.97. The Labute approximate surface area is 46.7 Å². The van der Waals surface area contributed by atoms with Crippen LogP contribution in [0.25, 0.3) is 0 Å². The summed E-state index contributed by atoms with van der Waals surface area (Å²) in [7, 11) is 2.32. The SMILES string of the molecule is POC1CCCC1. The maximum Gasteiger partial charge on any atom is 0.0610 e. The molecule has 1 saturated carbocycles. The average Bonchev–Trinajstić information content (AvgIpc) is 2.14. The first kappa shape index (κ1) is 5.53. The molecule has 0 aromatic rings. The highest BCUT2D eigenvalue weighted by molar-refractivity contribution is 7.09. The Balaban J connectivity index is 2.14. The molecular formula is C5H11OP. The zero-order valence-corrected chi connectivity index (χ0v) is 5.55. The summed E-state index contributed by atoms with van der Waals surface area (Å²) in [6, 6.07) is 0. The van der Waals surface area contributed by atoms with Crippen LogP contribution in [0.15, 0.2) is 0 Å². The van der Waals surface area contributed by atoms with Gasteiger partial charge in [0.2, 0.25) is 0 Å². The smallest absolute Gasteiger partial charge is 0.0610 e. The van der Waals surface area contributed by atoms with Crippen LogP contribution in [-0.4, -0.2) is 6.10 Å². The van der Waals surface area contributed by atoms with E-state index in [1.807, 2.05) is 0 Å². The van der Waals surface area contributed by atoms with Crippen molar-refractivity contribution >= 4 is 9.47 Å². The van der Waals surface area contributed by atoms with E-state index in [0.29, 0.717) is 6.10 Å². The molecule has 2 heteroatoms. The summed E-state index contributed by atoms with van der Waals surface area (Å²) in [5.41, 5.74) is 0. The van der Waals surface area contributed by atoms with E-state index in [9.17, 15) is 0 Å². The van der Waals surface area contributed by atoms with Gasteiger partial charge in [0.25, 0.3) is 0 Å². The van der Waals surface area contributed by atoms with E-state index in [1.54, 1.807) is 0 Å². The molecule has 0 bridgehead atoms. The Morgan fingerprint density at radius 3 is 2.14 bits per heavy atom. The van der Waals surface area contributed by atoms with Crippen molar-refractivity contribution in [3.05, 3.63) is 0 Å². The first-order valence-corrected chi connectivity index (χ1v) is 3.26. The Hall–Kier alpha value is 0.390. The fraction of sp³-hybridized carbons (Fsp3) is 1.00. The summed E-state index contributed by atoms with van der Waals surface area (Å²) in [4.78, 5) is 0. The molecule has 42 valence electrons. The maximum absolute atomic E-state index is 5.03. The van der Waals surface area contributed by atoms with E-state index < -0.39 is 0 Å². The minimum absolute atomic E-state index is 0.560. The summed E-state index contributed by atoms with van der Waals surface area (Å²) in [6.45, 7) is 0. The lowest BCUT2D eigenvalue weighted by molar-refractivity contribution is 0.249. The second-order valence-corrected chi connectivity index (χ2v) is 2.31. The van der Waals surface area contributed by atoms with Gasteiger partial charge >= 0.3 is 0 Å². The summed E-state index contributed by atoms with van der Waals surface area (Å²) in [5.74, 6) is 0. The predicted molar refractivity (Wildman–Crippen MR) is 33.1 cm³/mol. The number of rotatable bonds is 1. The van der Waals surface area contributed by atoms with Gasteiger partial charge in [-0.25, -0.2) is 0 Å². The van der Waals surface area contributed by atoms with Gasteiger partial charge in [-0.2, -0.15) is 0 Å². The van der Waals surface area contributed by atoms with Gasteiger partial charge in [0.05, 0.1) is 6.10 Å². The molecule has 7 heavy (non-hydrogen) atoms. The van der Waals surface area contributed by atoms with Crippen LogP contribution < -0.4 is 0 Å². The van der Waals surface area contributed by atoms with Gasteiger partial charge in [0, 0.05) is 9.47 Å². The highest BCUT2D eigenvalue weighted by Gasteiger charge is 2.12. The van der Waals surface area contributed by atoms with Crippen molar-refractivity contribution in [2.75, 3.05) is 0 Å². The summed E-state index contributed by atoms with van der Waals surface area (Å²) >= 11 is 0. The topological polar surface area (TPSA) is 9.23 Å². The monoisotopic (exact) mass is 118 g/mol. The van der Waals surface area contributed by atoms with Gasteiger partial charge in [0.15, 0.2) is 0 Å².